The van der Waals surface area contributed by atoms with Crippen LogP contribution in [0.5, 0.6) is 0 Å². The van der Waals surface area contributed by atoms with Gasteiger partial charge in [-0.2, -0.15) is 0 Å². The van der Waals surface area contributed by atoms with Crippen molar-refractivity contribution in [1.29, 1.82) is 0 Å². The van der Waals surface area contributed by atoms with E-state index in [9.17, 15) is 24.1 Å². The standard InChI is InChI=1S/C29H25Cl3FN3O4/c30-29(31,32)27(38)34-28(17-20-8-10-23(33)11-9-20)16-4-5-21(18-28)19-35(26(37)22-6-2-1-3-7-22)24-12-14-25(15-13-24)36(39)40/h1-3,6-15,18H,4-5,16-17,19H2,(H,34,38). The number of rotatable bonds is 8. The van der Waals surface area contributed by atoms with E-state index in [4.69, 9.17) is 34.8 Å². The summed E-state index contributed by atoms with van der Waals surface area (Å²) < 4.78 is 11.4. The van der Waals surface area contributed by atoms with E-state index in [2.05, 4.69) is 5.32 Å². The predicted octanol–water partition coefficient (Wildman–Crippen LogP) is 6.96. The number of alkyl halides is 3. The second-order valence-corrected chi connectivity index (χ2v) is 11.9. The van der Waals surface area contributed by atoms with Crippen molar-refractivity contribution in [3.63, 3.8) is 0 Å². The highest BCUT2D eigenvalue weighted by atomic mass is 35.6. The first-order chi connectivity index (χ1) is 19.0. The van der Waals surface area contributed by atoms with Crippen LogP contribution >= 0.6 is 34.8 Å². The average molecular weight is 605 g/mol. The van der Waals surface area contributed by atoms with Crippen LogP contribution in [0.25, 0.3) is 0 Å². The van der Waals surface area contributed by atoms with Crippen LogP contribution in [-0.4, -0.2) is 32.6 Å². The lowest BCUT2D eigenvalue weighted by Gasteiger charge is -2.38. The molecule has 3 aromatic rings. The Morgan fingerprint density at radius 1 is 1.00 bits per heavy atom. The van der Waals surface area contributed by atoms with Gasteiger partial charge in [0.2, 0.25) is 0 Å². The van der Waals surface area contributed by atoms with Crippen molar-refractivity contribution in [2.45, 2.75) is 35.0 Å². The Kier molecular flexibility index (Phi) is 9.13. The summed E-state index contributed by atoms with van der Waals surface area (Å²) in [4.78, 5) is 38.7. The topological polar surface area (TPSA) is 92.6 Å². The summed E-state index contributed by atoms with van der Waals surface area (Å²) in [5.41, 5.74) is 1.44. The lowest BCUT2D eigenvalue weighted by Crippen LogP contribution is -2.53. The van der Waals surface area contributed by atoms with Crippen LogP contribution < -0.4 is 10.2 Å². The quantitative estimate of drug-likeness (QED) is 0.130. The maximum atomic E-state index is 13.6. The number of amides is 2. The first-order valence-corrected chi connectivity index (χ1v) is 13.5. The molecule has 0 saturated heterocycles. The predicted molar refractivity (Wildman–Crippen MR) is 154 cm³/mol. The largest absolute Gasteiger partial charge is 0.343 e. The minimum atomic E-state index is -2.20. The van der Waals surface area contributed by atoms with Gasteiger partial charge in [-0.1, -0.05) is 76.8 Å². The molecule has 0 saturated carbocycles. The summed E-state index contributed by atoms with van der Waals surface area (Å²) in [6, 6.07) is 20.3. The van der Waals surface area contributed by atoms with Gasteiger partial charge in [-0.3, -0.25) is 19.7 Å². The fourth-order valence-electron chi connectivity index (χ4n) is 4.81. The third-order valence-corrected chi connectivity index (χ3v) is 7.17. The zero-order chi connectivity index (χ0) is 28.9. The van der Waals surface area contributed by atoms with Gasteiger partial charge in [0.25, 0.3) is 21.3 Å². The highest BCUT2D eigenvalue weighted by Gasteiger charge is 2.39. The molecule has 0 radical (unpaired) electrons. The van der Waals surface area contributed by atoms with E-state index in [0.29, 0.717) is 36.9 Å². The van der Waals surface area contributed by atoms with Gasteiger partial charge in [0, 0.05) is 29.9 Å². The van der Waals surface area contributed by atoms with Crippen molar-refractivity contribution in [1.82, 2.24) is 5.32 Å². The number of halogens is 4. The van der Waals surface area contributed by atoms with Crippen LogP contribution in [0, 0.1) is 15.9 Å². The van der Waals surface area contributed by atoms with Gasteiger partial charge >= 0.3 is 0 Å². The number of carbonyl (C=O) groups excluding carboxylic acids is 2. The first kappa shape index (κ1) is 29.5. The van der Waals surface area contributed by atoms with Gasteiger partial charge in [0.1, 0.15) is 5.82 Å². The molecule has 1 aliphatic carbocycles. The SMILES string of the molecule is O=C(c1ccccc1)N(CC1=CC(Cc2ccc(F)cc2)(NC(=O)C(Cl)(Cl)Cl)CCC1)c1ccc([N+](=O)[O-])cc1. The maximum Gasteiger partial charge on any atom is 0.272 e. The van der Waals surface area contributed by atoms with Crippen molar-refractivity contribution in [2.24, 2.45) is 0 Å². The van der Waals surface area contributed by atoms with E-state index in [0.717, 1.165) is 11.1 Å². The summed E-state index contributed by atoms with van der Waals surface area (Å²) in [7, 11) is 0. The van der Waals surface area contributed by atoms with E-state index in [-0.39, 0.29) is 24.0 Å². The molecule has 2 amide bonds. The molecular weight excluding hydrogens is 580 g/mol. The van der Waals surface area contributed by atoms with E-state index in [1.165, 1.54) is 41.3 Å². The van der Waals surface area contributed by atoms with Crippen LogP contribution in [0.15, 0.2) is 90.5 Å². The summed E-state index contributed by atoms with van der Waals surface area (Å²) in [5, 5.41) is 14.1. The van der Waals surface area contributed by atoms with Gasteiger partial charge in [0.15, 0.2) is 0 Å². The maximum absolute atomic E-state index is 13.6. The molecule has 1 unspecified atom stereocenters. The lowest BCUT2D eigenvalue weighted by atomic mass is 9.79. The zero-order valence-corrected chi connectivity index (χ0v) is 23.4. The van der Waals surface area contributed by atoms with Gasteiger partial charge in [-0.15, -0.1) is 0 Å². The molecule has 1 atom stereocenters. The monoisotopic (exact) mass is 603 g/mol. The number of nitro benzene ring substituents is 1. The van der Waals surface area contributed by atoms with Crippen LogP contribution in [0.1, 0.15) is 35.2 Å². The van der Waals surface area contributed by atoms with Crippen LogP contribution in [-0.2, 0) is 11.2 Å². The minimum absolute atomic E-state index is 0.0968. The normalized spacial score (nSPS) is 17.1. The fourth-order valence-corrected chi connectivity index (χ4v) is 4.95. The molecular formula is C29H25Cl3FN3O4. The molecule has 0 aliphatic heterocycles. The Balaban J connectivity index is 1.72. The molecule has 4 rings (SSSR count). The summed E-state index contributed by atoms with van der Waals surface area (Å²) >= 11 is 17.6. The summed E-state index contributed by atoms with van der Waals surface area (Å²) in [6.07, 6.45) is 3.98. The number of carbonyl (C=O) groups is 2. The van der Waals surface area contributed by atoms with Crippen molar-refractivity contribution < 1.29 is 18.9 Å². The van der Waals surface area contributed by atoms with Crippen molar-refractivity contribution in [2.75, 3.05) is 11.4 Å². The molecule has 0 fully saturated rings. The second-order valence-electron chi connectivity index (χ2n) is 9.60. The molecule has 0 bridgehead atoms. The highest BCUT2D eigenvalue weighted by molar-refractivity contribution is 6.76. The zero-order valence-electron chi connectivity index (χ0n) is 21.2. The number of hydrogen-bond acceptors (Lipinski definition) is 4. The molecule has 1 aliphatic rings. The smallest absolute Gasteiger partial charge is 0.272 e. The van der Waals surface area contributed by atoms with Gasteiger partial charge < -0.3 is 10.2 Å². The fraction of sp³-hybridized carbons (Fsp3) is 0.241. The number of nitro groups is 1. The Hall–Kier alpha value is -3.46. The van der Waals surface area contributed by atoms with E-state index < -0.39 is 20.2 Å². The minimum Gasteiger partial charge on any atom is -0.343 e. The van der Waals surface area contributed by atoms with E-state index in [1.54, 1.807) is 42.5 Å². The Morgan fingerprint density at radius 2 is 1.65 bits per heavy atom. The number of non-ortho nitro benzene ring substituents is 1. The number of nitrogens with zero attached hydrogens (tertiary/aromatic N) is 2. The summed E-state index contributed by atoms with van der Waals surface area (Å²) in [6.45, 7) is 0.153. The molecule has 7 nitrogen and oxygen atoms in total. The number of anilines is 1. The highest BCUT2D eigenvalue weighted by Crippen LogP contribution is 2.34. The molecule has 0 aromatic heterocycles. The Labute approximate surface area is 245 Å². The molecule has 3 aromatic carbocycles. The number of hydrogen-bond donors (Lipinski definition) is 1. The van der Waals surface area contributed by atoms with Crippen LogP contribution in [0.4, 0.5) is 15.8 Å². The number of nitrogens with one attached hydrogen (secondary N) is 1. The number of benzene rings is 3. The molecule has 208 valence electrons. The van der Waals surface area contributed by atoms with E-state index in [1.807, 2.05) is 6.08 Å². The van der Waals surface area contributed by atoms with Crippen molar-refractivity contribution in [3.05, 3.63) is 118 Å². The second kappa shape index (κ2) is 12.4. The molecule has 0 spiro atoms. The lowest BCUT2D eigenvalue weighted by molar-refractivity contribution is -0.384. The molecule has 11 heteroatoms. The van der Waals surface area contributed by atoms with Crippen LogP contribution in [0.2, 0.25) is 0 Å². The van der Waals surface area contributed by atoms with Crippen molar-refractivity contribution in [3.8, 4) is 0 Å². The van der Waals surface area contributed by atoms with Gasteiger partial charge in [0.05, 0.1) is 10.5 Å². The third-order valence-electron chi connectivity index (χ3n) is 6.65. The molecule has 1 N–H and O–H groups in total. The van der Waals surface area contributed by atoms with Gasteiger partial charge in [-0.05, 0) is 67.6 Å². The van der Waals surface area contributed by atoms with Crippen molar-refractivity contribution >= 4 is 58.0 Å². The average Bonchev–Trinajstić information content (AvgIpc) is 2.93. The van der Waals surface area contributed by atoms with Crippen LogP contribution in [0.3, 0.4) is 0 Å². The third kappa shape index (κ3) is 7.38. The first-order valence-electron chi connectivity index (χ1n) is 12.4. The molecule has 0 heterocycles. The van der Waals surface area contributed by atoms with Gasteiger partial charge in [-0.25, -0.2) is 4.39 Å². The Morgan fingerprint density at radius 3 is 2.25 bits per heavy atom. The summed E-state index contributed by atoms with van der Waals surface area (Å²) in [5.74, 6) is -1.48. The Bertz CT molecular complexity index is 1410. The molecule has 40 heavy (non-hydrogen) atoms. The van der Waals surface area contributed by atoms with E-state index >= 15 is 0 Å².